The Balaban J connectivity index is 1.89. The van der Waals surface area contributed by atoms with E-state index >= 15 is 0 Å². The summed E-state index contributed by atoms with van der Waals surface area (Å²) in [6.45, 7) is 0.164. The standard InChI is InChI=1S/C20H15NO4/c1-3-12-24-17-10-8-14(13-18(17)23-2)9-11-19-21-16-7-5-4-6-15(16)20(22)25-19/h1,4-11,13H,12H2,2H3/b11-9+. The number of terminal acetylenes is 1. The van der Waals surface area contributed by atoms with Crippen molar-refractivity contribution in [1.82, 2.24) is 4.98 Å². The Morgan fingerprint density at radius 3 is 2.84 bits per heavy atom. The third-order valence-corrected chi connectivity index (χ3v) is 3.47. The van der Waals surface area contributed by atoms with Crippen LogP contribution < -0.4 is 15.1 Å². The predicted molar refractivity (Wildman–Crippen MR) is 96.5 cm³/mol. The average molecular weight is 333 g/mol. The van der Waals surface area contributed by atoms with Gasteiger partial charge in [0.15, 0.2) is 11.5 Å². The molecule has 0 saturated carbocycles. The number of benzene rings is 2. The zero-order chi connectivity index (χ0) is 17.6. The van der Waals surface area contributed by atoms with Gasteiger partial charge < -0.3 is 13.9 Å². The van der Waals surface area contributed by atoms with Gasteiger partial charge in [-0.15, -0.1) is 6.42 Å². The molecule has 5 nitrogen and oxygen atoms in total. The lowest BCUT2D eigenvalue weighted by Gasteiger charge is -2.09. The van der Waals surface area contributed by atoms with Crippen molar-refractivity contribution < 1.29 is 13.9 Å². The second-order valence-electron chi connectivity index (χ2n) is 5.09. The molecule has 1 heterocycles. The summed E-state index contributed by atoms with van der Waals surface area (Å²) in [7, 11) is 1.55. The summed E-state index contributed by atoms with van der Waals surface area (Å²) in [6, 6.07) is 12.4. The van der Waals surface area contributed by atoms with Crippen LogP contribution >= 0.6 is 0 Å². The Labute approximate surface area is 144 Å². The summed E-state index contributed by atoms with van der Waals surface area (Å²) in [4.78, 5) is 16.3. The zero-order valence-electron chi connectivity index (χ0n) is 13.6. The highest BCUT2D eigenvalue weighted by atomic mass is 16.5. The first kappa shape index (κ1) is 16.3. The third kappa shape index (κ3) is 3.70. The summed E-state index contributed by atoms with van der Waals surface area (Å²) in [6.07, 6.45) is 8.59. The maximum atomic E-state index is 12.0. The number of nitrogens with zero attached hydrogens (tertiary/aromatic N) is 1. The fraction of sp³-hybridized carbons (Fsp3) is 0.100. The lowest BCUT2D eigenvalue weighted by Crippen LogP contribution is -2.02. The van der Waals surface area contributed by atoms with Gasteiger partial charge in [-0.2, -0.15) is 0 Å². The molecule has 0 aliphatic heterocycles. The molecule has 3 rings (SSSR count). The zero-order valence-corrected chi connectivity index (χ0v) is 13.6. The van der Waals surface area contributed by atoms with E-state index in [0.29, 0.717) is 22.4 Å². The van der Waals surface area contributed by atoms with E-state index in [-0.39, 0.29) is 12.5 Å². The Morgan fingerprint density at radius 1 is 1.20 bits per heavy atom. The molecule has 0 fully saturated rings. The first-order valence-corrected chi connectivity index (χ1v) is 7.53. The monoisotopic (exact) mass is 333 g/mol. The van der Waals surface area contributed by atoms with Gasteiger partial charge in [-0.05, 0) is 35.9 Å². The van der Waals surface area contributed by atoms with Crippen LogP contribution in [-0.2, 0) is 0 Å². The second-order valence-corrected chi connectivity index (χ2v) is 5.09. The number of para-hydroxylation sites is 1. The van der Waals surface area contributed by atoms with Crippen LogP contribution in [0.4, 0.5) is 0 Å². The largest absolute Gasteiger partial charge is 0.493 e. The van der Waals surface area contributed by atoms with Crippen LogP contribution in [0.15, 0.2) is 51.7 Å². The van der Waals surface area contributed by atoms with Gasteiger partial charge in [-0.25, -0.2) is 9.78 Å². The van der Waals surface area contributed by atoms with Gasteiger partial charge in [-0.1, -0.05) is 24.1 Å². The van der Waals surface area contributed by atoms with Crippen LogP contribution in [0.5, 0.6) is 11.5 Å². The summed E-state index contributed by atoms with van der Waals surface area (Å²) in [5, 5.41) is 0.455. The predicted octanol–water partition coefficient (Wildman–Crippen LogP) is 3.38. The molecule has 25 heavy (non-hydrogen) atoms. The van der Waals surface area contributed by atoms with E-state index in [1.807, 2.05) is 12.1 Å². The van der Waals surface area contributed by atoms with Crippen LogP contribution in [0.3, 0.4) is 0 Å². The molecule has 0 aliphatic carbocycles. The molecular formula is C20H15NO4. The lowest BCUT2D eigenvalue weighted by atomic mass is 10.2. The third-order valence-electron chi connectivity index (χ3n) is 3.47. The molecule has 0 unspecified atom stereocenters. The summed E-state index contributed by atoms with van der Waals surface area (Å²) >= 11 is 0. The number of methoxy groups -OCH3 is 1. The van der Waals surface area contributed by atoms with Crippen LogP contribution in [-0.4, -0.2) is 18.7 Å². The highest BCUT2D eigenvalue weighted by Crippen LogP contribution is 2.28. The van der Waals surface area contributed by atoms with Gasteiger partial charge in [0.05, 0.1) is 18.0 Å². The number of rotatable bonds is 5. The number of ether oxygens (including phenoxy) is 2. The van der Waals surface area contributed by atoms with Gasteiger partial charge in [0.1, 0.15) is 6.61 Å². The smallest absolute Gasteiger partial charge is 0.347 e. The Morgan fingerprint density at radius 2 is 2.04 bits per heavy atom. The Hall–Kier alpha value is -3.52. The van der Waals surface area contributed by atoms with Crippen molar-refractivity contribution >= 4 is 23.1 Å². The normalized spacial score (nSPS) is 10.7. The minimum atomic E-state index is -0.416. The molecule has 0 atom stereocenters. The molecule has 1 aromatic heterocycles. The maximum absolute atomic E-state index is 12.0. The molecule has 2 aromatic carbocycles. The molecule has 5 heteroatoms. The number of hydrogen-bond acceptors (Lipinski definition) is 5. The van der Waals surface area contributed by atoms with E-state index in [9.17, 15) is 4.79 Å². The molecule has 0 amide bonds. The molecule has 0 saturated heterocycles. The fourth-order valence-corrected chi connectivity index (χ4v) is 2.30. The second kappa shape index (κ2) is 7.37. The molecule has 0 bridgehead atoms. The summed E-state index contributed by atoms with van der Waals surface area (Å²) in [5.41, 5.74) is 1.01. The summed E-state index contributed by atoms with van der Waals surface area (Å²) < 4.78 is 15.9. The quantitative estimate of drug-likeness (QED) is 0.670. The topological polar surface area (TPSA) is 61.6 Å². The van der Waals surface area contributed by atoms with Crippen molar-refractivity contribution in [2.45, 2.75) is 0 Å². The number of fused-ring (bicyclic) bond motifs is 1. The van der Waals surface area contributed by atoms with Crippen LogP contribution in [0.1, 0.15) is 11.5 Å². The van der Waals surface area contributed by atoms with Crippen molar-refractivity contribution in [1.29, 1.82) is 0 Å². The fourth-order valence-electron chi connectivity index (χ4n) is 2.30. The van der Waals surface area contributed by atoms with E-state index < -0.39 is 5.63 Å². The molecule has 0 spiro atoms. The highest BCUT2D eigenvalue weighted by Gasteiger charge is 2.05. The van der Waals surface area contributed by atoms with E-state index in [0.717, 1.165) is 5.56 Å². The minimum absolute atomic E-state index is 0.164. The van der Waals surface area contributed by atoms with Crippen LogP contribution in [0.2, 0.25) is 0 Å². The Kier molecular flexibility index (Phi) is 4.82. The Bertz CT molecular complexity index is 1030. The maximum Gasteiger partial charge on any atom is 0.347 e. The number of hydrogen-bond donors (Lipinski definition) is 0. The molecule has 0 radical (unpaired) electrons. The van der Waals surface area contributed by atoms with Gasteiger partial charge in [0.25, 0.3) is 0 Å². The molecule has 124 valence electrons. The van der Waals surface area contributed by atoms with Crippen LogP contribution in [0, 0.1) is 12.3 Å². The SMILES string of the molecule is C#CCOc1ccc(/C=C/c2nc3ccccc3c(=O)o2)cc1OC. The van der Waals surface area contributed by atoms with Gasteiger partial charge in [0, 0.05) is 6.08 Å². The molecule has 0 aliphatic rings. The van der Waals surface area contributed by atoms with Gasteiger partial charge in [-0.3, -0.25) is 0 Å². The summed E-state index contributed by atoms with van der Waals surface area (Å²) in [5.74, 6) is 3.76. The molecule has 0 N–H and O–H groups in total. The molecular weight excluding hydrogens is 318 g/mol. The van der Waals surface area contributed by atoms with Crippen molar-refractivity contribution in [3.63, 3.8) is 0 Å². The van der Waals surface area contributed by atoms with Crippen molar-refractivity contribution in [3.8, 4) is 23.8 Å². The average Bonchev–Trinajstić information content (AvgIpc) is 2.65. The number of aromatic nitrogens is 1. The lowest BCUT2D eigenvalue weighted by molar-refractivity contribution is 0.331. The first-order valence-electron chi connectivity index (χ1n) is 7.53. The van der Waals surface area contributed by atoms with Crippen molar-refractivity contribution in [2.75, 3.05) is 13.7 Å². The first-order chi connectivity index (χ1) is 12.2. The van der Waals surface area contributed by atoms with Crippen molar-refractivity contribution in [2.24, 2.45) is 0 Å². The van der Waals surface area contributed by atoms with Gasteiger partial charge >= 0.3 is 5.63 Å². The van der Waals surface area contributed by atoms with E-state index in [2.05, 4.69) is 10.9 Å². The molecule has 3 aromatic rings. The van der Waals surface area contributed by atoms with E-state index in [1.54, 1.807) is 49.6 Å². The minimum Gasteiger partial charge on any atom is -0.493 e. The van der Waals surface area contributed by atoms with Crippen LogP contribution in [0.25, 0.3) is 23.1 Å². The van der Waals surface area contributed by atoms with E-state index in [4.69, 9.17) is 20.3 Å². The van der Waals surface area contributed by atoms with Crippen molar-refractivity contribution in [3.05, 3.63) is 64.3 Å². The van der Waals surface area contributed by atoms with E-state index in [1.165, 1.54) is 0 Å². The highest BCUT2D eigenvalue weighted by molar-refractivity contribution is 5.78. The van der Waals surface area contributed by atoms with Gasteiger partial charge in [0.2, 0.25) is 5.89 Å².